The maximum atomic E-state index is 11.9. The number of benzene rings is 1. The first-order valence-electron chi connectivity index (χ1n) is 5.81. The van der Waals surface area contributed by atoms with E-state index in [2.05, 4.69) is 0 Å². The smallest absolute Gasteiger partial charge is 0.313 e. The van der Waals surface area contributed by atoms with Crippen molar-refractivity contribution in [1.82, 2.24) is 4.90 Å². The molecule has 0 N–H and O–H groups in total. The fourth-order valence-corrected chi connectivity index (χ4v) is 2.51. The zero-order valence-electron chi connectivity index (χ0n) is 11.5. The van der Waals surface area contributed by atoms with Crippen LogP contribution in [0.3, 0.4) is 0 Å². The summed E-state index contributed by atoms with van der Waals surface area (Å²) in [5, 5.41) is 0.687. The first-order chi connectivity index (χ1) is 8.30. The van der Waals surface area contributed by atoms with Crippen LogP contribution in [0.5, 0.6) is 0 Å². The predicted molar refractivity (Wildman–Crippen MR) is 73.7 cm³/mol. The lowest BCUT2D eigenvalue weighted by molar-refractivity contribution is -0.154. The lowest BCUT2D eigenvalue weighted by Gasteiger charge is -2.36. The Bertz CT molecular complexity index is 412. The van der Waals surface area contributed by atoms with Gasteiger partial charge in [0.2, 0.25) is 0 Å². The zero-order valence-corrected chi connectivity index (χ0v) is 12.3. The van der Waals surface area contributed by atoms with Gasteiger partial charge in [0.05, 0.1) is 12.5 Å². The summed E-state index contributed by atoms with van der Waals surface area (Å²) >= 11 is 5.89. The van der Waals surface area contributed by atoms with Gasteiger partial charge >= 0.3 is 5.97 Å². The van der Waals surface area contributed by atoms with Crippen molar-refractivity contribution in [3.05, 3.63) is 34.9 Å². The summed E-state index contributed by atoms with van der Waals surface area (Å²) in [5.41, 5.74) is 0.409. The molecule has 0 aliphatic rings. The first-order valence-corrected chi connectivity index (χ1v) is 6.18. The second-order valence-electron chi connectivity index (χ2n) is 5.13. The van der Waals surface area contributed by atoms with Crippen molar-refractivity contribution >= 4 is 17.6 Å². The SMILES string of the molecule is COC(=O)C(C)(C)C(c1ccc(Cl)cc1)N(C)C. The van der Waals surface area contributed by atoms with E-state index in [1.165, 1.54) is 7.11 Å². The molecular weight excluding hydrogens is 250 g/mol. The Morgan fingerprint density at radius 1 is 1.28 bits per heavy atom. The highest BCUT2D eigenvalue weighted by molar-refractivity contribution is 6.30. The van der Waals surface area contributed by atoms with E-state index in [9.17, 15) is 4.79 Å². The second-order valence-corrected chi connectivity index (χ2v) is 5.57. The number of hydrogen-bond acceptors (Lipinski definition) is 3. The van der Waals surface area contributed by atoms with Crippen LogP contribution in [0, 0.1) is 5.41 Å². The molecular formula is C14H20ClNO2. The van der Waals surface area contributed by atoms with Gasteiger partial charge in [0, 0.05) is 11.1 Å². The van der Waals surface area contributed by atoms with E-state index in [1.54, 1.807) is 0 Å². The monoisotopic (exact) mass is 269 g/mol. The van der Waals surface area contributed by atoms with Gasteiger partial charge < -0.3 is 9.64 Å². The van der Waals surface area contributed by atoms with Gasteiger partial charge in [0.1, 0.15) is 0 Å². The Morgan fingerprint density at radius 3 is 2.17 bits per heavy atom. The van der Waals surface area contributed by atoms with Crippen molar-refractivity contribution in [2.45, 2.75) is 19.9 Å². The minimum atomic E-state index is -0.633. The van der Waals surface area contributed by atoms with Crippen LogP contribution in [0.4, 0.5) is 0 Å². The Hall–Kier alpha value is -1.06. The van der Waals surface area contributed by atoms with Crippen molar-refractivity contribution in [1.29, 1.82) is 0 Å². The van der Waals surface area contributed by atoms with Crippen LogP contribution in [-0.4, -0.2) is 32.1 Å². The quantitative estimate of drug-likeness (QED) is 0.787. The zero-order chi connectivity index (χ0) is 13.9. The van der Waals surface area contributed by atoms with Gasteiger partial charge in [-0.1, -0.05) is 23.7 Å². The lowest BCUT2D eigenvalue weighted by Crippen LogP contribution is -2.40. The molecule has 0 bridgehead atoms. The van der Waals surface area contributed by atoms with Crippen LogP contribution in [0.1, 0.15) is 25.5 Å². The van der Waals surface area contributed by atoms with Crippen LogP contribution in [0.2, 0.25) is 5.02 Å². The summed E-state index contributed by atoms with van der Waals surface area (Å²) in [6.45, 7) is 3.77. The molecule has 0 saturated carbocycles. The van der Waals surface area contributed by atoms with Gasteiger partial charge in [-0.3, -0.25) is 4.79 Å². The highest BCUT2D eigenvalue weighted by Crippen LogP contribution is 2.38. The Balaban J connectivity index is 3.18. The van der Waals surface area contributed by atoms with Crippen LogP contribution >= 0.6 is 11.6 Å². The molecule has 0 fully saturated rings. The molecule has 0 aromatic heterocycles. The third-order valence-electron chi connectivity index (χ3n) is 3.10. The summed E-state index contributed by atoms with van der Waals surface area (Å²) < 4.78 is 4.90. The Morgan fingerprint density at radius 2 is 1.78 bits per heavy atom. The van der Waals surface area contributed by atoms with E-state index in [4.69, 9.17) is 16.3 Å². The summed E-state index contributed by atoms with van der Waals surface area (Å²) in [6, 6.07) is 7.49. The number of methoxy groups -OCH3 is 1. The van der Waals surface area contributed by atoms with Crippen LogP contribution < -0.4 is 0 Å². The molecule has 1 unspecified atom stereocenters. The van der Waals surface area contributed by atoms with Gasteiger partial charge in [0.25, 0.3) is 0 Å². The number of hydrogen-bond donors (Lipinski definition) is 0. The number of carbonyl (C=O) groups is 1. The molecule has 0 aliphatic carbocycles. The summed E-state index contributed by atoms with van der Waals surface area (Å²) in [7, 11) is 5.31. The summed E-state index contributed by atoms with van der Waals surface area (Å²) in [4.78, 5) is 14.0. The lowest BCUT2D eigenvalue weighted by atomic mass is 9.79. The molecule has 1 rings (SSSR count). The van der Waals surface area contributed by atoms with Crippen molar-refractivity contribution in [2.75, 3.05) is 21.2 Å². The van der Waals surface area contributed by atoms with Crippen molar-refractivity contribution in [3.8, 4) is 0 Å². The molecule has 1 aromatic rings. The number of halogens is 1. The van der Waals surface area contributed by atoms with Gasteiger partial charge in [-0.15, -0.1) is 0 Å². The van der Waals surface area contributed by atoms with Crippen LogP contribution in [-0.2, 0) is 9.53 Å². The molecule has 3 nitrogen and oxygen atoms in total. The number of carbonyl (C=O) groups excluding carboxylic acids is 1. The molecule has 1 aromatic carbocycles. The predicted octanol–water partition coefficient (Wildman–Crippen LogP) is 3.14. The third kappa shape index (κ3) is 3.03. The Labute approximate surface area is 114 Å². The van der Waals surface area contributed by atoms with Crippen molar-refractivity contribution in [2.24, 2.45) is 5.41 Å². The molecule has 0 radical (unpaired) electrons. The third-order valence-corrected chi connectivity index (χ3v) is 3.35. The average Bonchev–Trinajstić information content (AvgIpc) is 2.30. The van der Waals surface area contributed by atoms with E-state index in [0.717, 1.165) is 5.56 Å². The fraction of sp³-hybridized carbons (Fsp3) is 0.500. The van der Waals surface area contributed by atoms with Gasteiger partial charge in [-0.25, -0.2) is 0 Å². The van der Waals surface area contributed by atoms with Crippen molar-refractivity contribution in [3.63, 3.8) is 0 Å². The minimum absolute atomic E-state index is 0.0674. The number of ether oxygens (including phenoxy) is 1. The number of nitrogens with zero attached hydrogens (tertiary/aromatic N) is 1. The van der Waals surface area contributed by atoms with E-state index >= 15 is 0 Å². The van der Waals surface area contributed by atoms with Gasteiger partial charge in [0.15, 0.2) is 0 Å². The summed E-state index contributed by atoms with van der Waals surface area (Å²) in [6.07, 6.45) is 0. The standard InChI is InChI=1S/C14H20ClNO2/c1-14(2,13(17)18-5)12(16(3)4)10-6-8-11(15)9-7-10/h6-9,12H,1-5H3. The molecule has 0 spiro atoms. The van der Waals surface area contributed by atoms with E-state index in [0.29, 0.717) is 5.02 Å². The minimum Gasteiger partial charge on any atom is -0.469 e. The molecule has 1 atom stereocenters. The maximum absolute atomic E-state index is 11.9. The average molecular weight is 270 g/mol. The molecule has 0 saturated heterocycles. The molecule has 0 heterocycles. The molecule has 100 valence electrons. The Kier molecular flexibility index (Phi) is 4.77. The maximum Gasteiger partial charge on any atom is 0.313 e. The first kappa shape index (κ1) is 15.0. The van der Waals surface area contributed by atoms with Crippen LogP contribution in [0.15, 0.2) is 24.3 Å². The second kappa shape index (κ2) is 5.72. The highest BCUT2D eigenvalue weighted by Gasteiger charge is 2.40. The van der Waals surface area contributed by atoms with E-state index in [1.807, 2.05) is 57.1 Å². The van der Waals surface area contributed by atoms with Crippen molar-refractivity contribution < 1.29 is 9.53 Å². The van der Waals surface area contributed by atoms with E-state index in [-0.39, 0.29) is 12.0 Å². The molecule has 4 heteroatoms. The summed E-state index contributed by atoms with van der Waals surface area (Å²) in [5.74, 6) is -0.226. The molecule has 18 heavy (non-hydrogen) atoms. The normalized spacial score (nSPS) is 13.5. The molecule has 0 amide bonds. The van der Waals surface area contributed by atoms with Crippen LogP contribution in [0.25, 0.3) is 0 Å². The van der Waals surface area contributed by atoms with Gasteiger partial charge in [-0.05, 0) is 45.6 Å². The fourth-order valence-electron chi connectivity index (χ4n) is 2.38. The molecule has 0 aliphatic heterocycles. The number of rotatable bonds is 4. The topological polar surface area (TPSA) is 29.5 Å². The van der Waals surface area contributed by atoms with E-state index < -0.39 is 5.41 Å². The largest absolute Gasteiger partial charge is 0.469 e. The van der Waals surface area contributed by atoms with Gasteiger partial charge in [-0.2, -0.15) is 0 Å². The highest BCUT2D eigenvalue weighted by atomic mass is 35.5. The number of esters is 1.